The van der Waals surface area contributed by atoms with Gasteiger partial charge in [0, 0.05) is 23.7 Å². The molecule has 3 nitrogen and oxygen atoms in total. The van der Waals surface area contributed by atoms with E-state index in [1.165, 1.54) is 0 Å². The summed E-state index contributed by atoms with van der Waals surface area (Å²) in [7, 11) is 0. The third-order valence-corrected chi connectivity index (χ3v) is 3.49. The minimum absolute atomic E-state index is 0.0694. The Morgan fingerprint density at radius 3 is 2.31 bits per heavy atom. The molecular weight excluding hydrogens is 204 g/mol. The highest BCUT2D eigenvalue weighted by atomic mass is 16.5. The van der Waals surface area contributed by atoms with Gasteiger partial charge in [-0.1, -0.05) is 24.3 Å². The molecule has 1 aliphatic heterocycles. The first-order valence-electron chi connectivity index (χ1n) is 5.54. The van der Waals surface area contributed by atoms with Crippen molar-refractivity contribution >= 4 is 11.6 Å². The highest BCUT2D eigenvalue weighted by Gasteiger charge is 2.42. The standard InChI is InChI=1S/C13H12O3/c14-12-8-3-1-2-4-9(8)13(15)11-7-16-6-5-10(11)12/h1-4,10-11H,5-7H2. The minimum atomic E-state index is -0.254. The van der Waals surface area contributed by atoms with Crippen LogP contribution in [0.1, 0.15) is 27.1 Å². The lowest BCUT2D eigenvalue weighted by Gasteiger charge is -2.33. The van der Waals surface area contributed by atoms with E-state index in [1.807, 2.05) is 6.07 Å². The van der Waals surface area contributed by atoms with Gasteiger partial charge in [0.25, 0.3) is 0 Å². The number of carbonyl (C=O) groups is 2. The molecule has 2 aliphatic rings. The van der Waals surface area contributed by atoms with E-state index in [2.05, 4.69) is 0 Å². The van der Waals surface area contributed by atoms with Crippen LogP contribution < -0.4 is 0 Å². The summed E-state index contributed by atoms with van der Waals surface area (Å²) in [6, 6.07) is 7.10. The minimum Gasteiger partial charge on any atom is -0.381 e. The van der Waals surface area contributed by atoms with Crippen LogP contribution in [0.2, 0.25) is 0 Å². The van der Waals surface area contributed by atoms with Crippen molar-refractivity contribution in [2.45, 2.75) is 6.42 Å². The lowest BCUT2D eigenvalue weighted by atomic mass is 9.72. The number of ketones is 2. The number of carbonyl (C=O) groups excluding carboxylic acids is 2. The van der Waals surface area contributed by atoms with Crippen molar-refractivity contribution < 1.29 is 14.3 Å². The maximum absolute atomic E-state index is 12.2. The molecule has 0 N–H and O–H groups in total. The van der Waals surface area contributed by atoms with Crippen LogP contribution >= 0.6 is 0 Å². The maximum atomic E-state index is 12.2. The third-order valence-electron chi connectivity index (χ3n) is 3.49. The summed E-state index contributed by atoms with van der Waals surface area (Å²) in [5.41, 5.74) is 1.16. The van der Waals surface area contributed by atoms with E-state index in [4.69, 9.17) is 4.74 Å². The van der Waals surface area contributed by atoms with Gasteiger partial charge in [0.1, 0.15) is 0 Å². The Bertz CT molecular complexity index is 421. The van der Waals surface area contributed by atoms with Gasteiger partial charge >= 0.3 is 0 Å². The molecule has 82 valence electrons. The first kappa shape index (κ1) is 9.73. The molecule has 16 heavy (non-hydrogen) atoms. The van der Waals surface area contributed by atoms with E-state index in [-0.39, 0.29) is 23.4 Å². The Kier molecular flexibility index (Phi) is 2.14. The summed E-state index contributed by atoms with van der Waals surface area (Å²) < 4.78 is 5.30. The number of benzene rings is 1. The summed E-state index contributed by atoms with van der Waals surface area (Å²) in [4.78, 5) is 24.4. The molecule has 0 radical (unpaired) electrons. The van der Waals surface area contributed by atoms with Gasteiger partial charge in [-0.05, 0) is 6.42 Å². The van der Waals surface area contributed by atoms with Crippen molar-refractivity contribution in [3.05, 3.63) is 35.4 Å². The zero-order chi connectivity index (χ0) is 11.1. The summed E-state index contributed by atoms with van der Waals surface area (Å²) in [6.07, 6.45) is 0.670. The number of Topliss-reactive ketones (excluding diaryl/α,β-unsaturated/α-hetero) is 2. The molecule has 2 unspecified atom stereocenters. The molecule has 1 aromatic rings. The fraction of sp³-hybridized carbons (Fsp3) is 0.385. The molecule has 0 spiro atoms. The van der Waals surface area contributed by atoms with Crippen LogP contribution in [-0.4, -0.2) is 24.8 Å². The van der Waals surface area contributed by atoms with E-state index in [1.54, 1.807) is 18.2 Å². The quantitative estimate of drug-likeness (QED) is 0.663. The van der Waals surface area contributed by atoms with Crippen molar-refractivity contribution in [3.63, 3.8) is 0 Å². The van der Waals surface area contributed by atoms with Crippen LogP contribution in [-0.2, 0) is 4.74 Å². The molecule has 1 heterocycles. The number of rotatable bonds is 0. The molecule has 1 saturated heterocycles. The Morgan fingerprint density at radius 1 is 1.00 bits per heavy atom. The molecule has 3 heteroatoms. The molecule has 1 aromatic carbocycles. The first-order chi connectivity index (χ1) is 7.79. The second-order valence-corrected chi connectivity index (χ2v) is 4.35. The third kappa shape index (κ3) is 1.25. The van der Waals surface area contributed by atoms with Crippen molar-refractivity contribution in [1.29, 1.82) is 0 Å². The van der Waals surface area contributed by atoms with Crippen LogP contribution in [0.15, 0.2) is 24.3 Å². The Hall–Kier alpha value is -1.48. The topological polar surface area (TPSA) is 43.4 Å². The van der Waals surface area contributed by atoms with Crippen molar-refractivity contribution in [1.82, 2.24) is 0 Å². The normalized spacial score (nSPS) is 28.5. The predicted molar refractivity (Wildman–Crippen MR) is 57.5 cm³/mol. The molecule has 2 atom stereocenters. The van der Waals surface area contributed by atoms with Gasteiger partial charge in [-0.25, -0.2) is 0 Å². The summed E-state index contributed by atoms with van der Waals surface area (Å²) >= 11 is 0. The Labute approximate surface area is 93.4 Å². The van der Waals surface area contributed by atoms with E-state index < -0.39 is 0 Å². The van der Waals surface area contributed by atoms with Gasteiger partial charge in [0.2, 0.25) is 0 Å². The van der Waals surface area contributed by atoms with E-state index in [0.29, 0.717) is 30.8 Å². The Morgan fingerprint density at radius 2 is 1.62 bits per heavy atom. The average Bonchev–Trinajstić information content (AvgIpc) is 2.36. The van der Waals surface area contributed by atoms with Gasteiger partial charge in [-0.2, -0.15) is 0 Å². The van der Waals surface area contributed by atoms with Gasteiger partial charge in [0.15, 0.2) is 11.6 Å². The zero-order valence-corrected chi connectivity index (χ0v) is 8.81. The largest absolute Gasteiger partial charge is 0.381 e. The first-order valence-corrected chi connectivity index (χ1v) is 5.54. The molecular formula is C13H12O3. The summed E-state index contributed by atoms with van der Waals surface area (Å²) in [5, 5.41) is 0. The van der Waals surface area contributed by atoms with Crippen LogP contribution in [0.25, 0.3) is 0 Å². The smallest absolute Gasteiger partial charge is 0.169 e. The summed E-state index contributed by atoms with van der Waals surface area (Å²) in [6.45, 7) is 0.978. The van der Waals surface area contributed by atoms with Crippen molar-refractivity contribution in [3.8, 4) is 0 Å². The average molecular weight is 216 g/mol. The number of ether oxygens (including phenoxy) is 1. The molecule has 0 aromatic heterocycles. The molecule has 0 saturated carbocycles. The number of hydrogen-bond acceptors (Lipinski definition) is 3. The predicted octanol–water partition coefficient (Wildman–Crippen LogP) is 1.72. The van der Waals surface area contributed by atoms with Gasteiger partial charge < -0.3 is 4.74 Å². The fourth-order valence-corrected chi connectivity index (χ4v) is 2.62. The Balaban J connectivity index is 2.12. The molecule has 0 bridgehead atoms. The maximum Gasteiger partial charge on any atom is 0.169 e. The van der Waals surface area contributed by atoms with E-state index in [9.17, 15) is 9.59 Å². The highest BCUT2D eigenvalue weighted by molar-refractivity contribution is 6.16. The van der Waals surface area contributed by atoms with Gasteiger partial charge in [-0.3, -0.25) is 9.59 Å². The van der Waals surface area contributed by atoms with Crippen LogP contribution in [0.5, 0.6) is 0 Å². The molecule has 0 amide bonds. The number of fused-ring (bicyclic) bond motifs is 2. The van der Waals surface area contributed by atoms with E-state index >= 15 is 0 Å². The molecule has 1 aliphatic carbocycles. The monoisotopic (exact) mass is 216 g/mol. The zero-order valence-electron chi connectivity index (χ0n) is 8.81. The van der Waals surface area contributed by atoms with Crippen molar-refractivity contribution in [2.75, 3.05) is 13.2 Å². The molecule has 3 rings (SSSR count). The summed E-state index contributed by atoms with van der Waals surface area (Å²) in [5.74, 6) is -0.226. The fourth-order valence-electron chi connectivity index (χ4n) is 2.62. The van der Waals surface area contributed by atoms with E-state index in [0.717, 1.165) is 0 Å². The van der Waals surface area contributed by atoms with Crippen LogP contribution in [0.3, 0.4) is 0 Å². The van der Waals surface area contributed by atoms with Crippen LogP contribution in [0.4, 0.5) is 0 Å². The highest BCUT2D eigenvalue weighted by Crippen LogP contribution is 2.34. The lowest BCUT2D eigenvalue weighted by molar-refractivity contribution is 0.0167. The number of hydrogen-bond donors (Lipinski definition) is 0. The SMILES string of the molecule is O=C1c2ccccc2C(=O)C2COCCC12. The molecule has 1 fully saturated rings. The second kappa shape index (κ2) is 3.52. The van der Waals surface area contributed by atoms with Gasteiger partial charge in [-0.15, -0.1) is 0 Å². The van der Waals surface area contributed by atoms with Crippen molar-refractivity contribution in [2.24, 2.45) is 11.8 Å². The van der Waals surface area contributed by atoms with Gasteiger partial charge in [0.05, 0.1) is 12.5 Å². The second-order valence-electron chi connectivity index (χ2n) is 4.35. The lowest BCUT2D eigenvalue weighted by Crippen LogP contribution is -2.42. The van der Waals surface area contributed by atoms with Crippen LogP contribution in [0, 0.1) is 11.8 Å².